The maximum Gasteiger partial charge on any atom is 0.306 e. The maximum atomic E-state index is 10.8. The van der Waals surface area contributed by atoms with E-state index in [-0.39, 0.29) is 12.3 Å². The van der Waals surface area contributed by atoms with E-state index in [1.165, 1.54) is 0 Å². The molecule has 0 aliphatic heterocycles. The van der Waals surface area contributed by atoms with Crippen LogP contribution in [0.1, 0.15) is 32.1 Å². The van der Waals surface area contributed by atoms with Gasteiger partial charge in [-0.2, -0.15) is 0 Å². The van der Waals surface area contributed by atoms with Crippen molar-refractivity contribution < 1.29 is 19.8 Å². The zero-order valence-electron chi connectivity index (χ0n) is 7.40. The molecule has 0 heterocycles. The number of carboxylic acid groups (broad SMARTS) is 2. The number of carbonyl (C=O) groups is 2. The molecular weight excluding hydrogens is 172 g/mol. The summed E-state index contributed by atoms with van der Waals surface area (Å²) in [5.74, 6) is -2.34. The van der Waals surface area contributed by atoms with Gasteiger partial charge in [0.25, 0.3) is 0 Å². The Labute approximate surface area is 76.6 Å². The van der Waals surface area contributed by atoms with Crippen LogP contribution in [0.4, 0.5) is 0 Å². The fourth-order valence-electron chi connectivity index (χ4n) is 2.00. The van der Waals surface area contributed by atoms with Crippen molar-refractivity contribution >= 4 is 11.9 Å². The SMILES string of the molecule is O=C(O)C[C@H]1CCCC[C@@H]1C(=O)O. The molecule has 74 valence electrons. The van der Waals surface area contributed by atoms with Crippen LogP contribution in [0.3, 0.4) is 0 Å². The Morgan fingerprint density at radius 3 is 2.31 bits per heavy atom. The Morgan fingerprint density at radius 1 is 1.15 bits per heavy atom. The third-order valence-corrected chi connectivity index (χ3v) is 2.66. The highest BCUT2D eigenvalue weighted by Crippen LogP contribution is 2.32. The van der Waals surface area contributed by atoms with E-state index in [0.717, 1.165) is 19.3 Å². The van der Waals surface area contributed by atoms with Crippen molar-refractivity contribution in [2.24, 2.45) is 11.8 Å². The molecule has 0 saturated heterocycles. The lowest BCUT2D eigenvalue weighted by atomic mass is 9.77. The van der Waals surface area contributed by atoms with Gasteiger partial charge in [0, 0.05) is 6.42 Å². The van der Waals surface area contributed by atoms with Crippen LogP contribution in [0.15, 0.2) is 0 Å². The van der Waals surface area contributed by atoms with Gasteiger partial charge in [-0.1, -0.05) is 12.8 Å². The molecule has 1 aliphatic rings. The van der Waals surface area contributed by atoms with Gasteiger partial charge in [0.05, 0.1) is 5.92 Å². The summed E-state index contributed by atoms with van der Waals surface area (Å²) < 4.78 is 0. The monoisotopic (exact) mass is 186 g/mol. The predicted molar refractivity (Wildman–Crippen MR) is 45.3 cm³/mol. The van der Waals surface area contributed by atoms with Crippen molar-refractivity contribution in [3.63, 3.8) is 0 Å². The van der Waals surface area contributed by atoms with Gasteiger partial charge >= 0.3 is 11.9 Å². The molecule has 0 aromatic heterocycles. The van der Waals surface area contributed by atoms with Crippen molar-refractivity contribution in [2.75, 3.05) is 0 Å². The van der Waals surface area contributed by atoms with E-state index in [9.17, 15) is 9.59 Å². The van der Waals surface area contributed by atoms with Gasteiger partial charge in [0.1, 0.15) is 0 Å². The van der Waals surface area contributed by atoms with E-state index in [2.05, 4.69) is 0 Å². The topological polar surface area (TPSA) is 74.6 Å². The molecule has 0 aromatic rings. The number of aliphatic carboxylic acids is 2. The molecule has 4 nitrogen and oxygen atoms in total. The van der Waals surface area contributed by atoms with Gasteiger partial charge in [0.15, 0.2) is 0 Å². The van der Waals surface area contributed by atoms with Gasteiger partial charge in [-0.25, -0.2) is 0 Å². The third kappa shape index (κ3) is 2.72. The van der Waals surface area contributed by atoms with Crippen molar-refractivity contribution in [1.82, 2.24) is 0 Å². The molecule has 2 N–H and O–H groups in total. The zero-order chi connectivity index (χ0) is 9.84. The van der Waals surface area contributed by atoms with Crippen molar-refractivity contribution in [3.8, 4) is 0 Å². The molecule has 0 unspecified atom stereocenters. The molecule has 0 aromatic carbocycles. The minimum absolute atomic E-state index is 0.00301. The normalized spacial score (nSPS) is 28.3. The van der Waals surface area contributed by atoms with Crippen LogP contribution in [-0.2, 0) is 9.59 Å². The number of hydrogen-bond donors (Lipinski definition) is 2. The lowest BCUT2D eigenvalue weighted by Crippen LogP contribution is -2.28. The summed E-state index contributed by atoms with van der Waals surface area (Å²) in [5.41, 5.74) is 0. The maximum absolute atomic E-state index is 10.8. The summed E-state index contributed by atoms with van der Waals surface area (Å²) in [6.45, 7) is 0. The molecule has 1 rings (SSSR count). The van der Waals surface area contributed by atoms with Crippen LogP contribution < -0.4 is 0 Å². The Kier molecular flexibility index (Phi) is 3.28. The van der Waals surface area contributed by atoms with E-state index >= 15 is 0 Å². The van der Waals surface area contributed by atoms with E-state index in [0.29, 0.717) is 6.42 Å². The summed E-state index contributed by atoms with van der Waals surface area (Å²) in [6, 6.07) is 0. The molecule has 0 amide bonds. The minimum Gasteiger partial charge on any atom is -0.481 e. The fourth-order valence-corrected chi connectivity index (χ4v) is 2.00. The summed E-state index contributed by atoms with van der Waals surface area (Å²) in [7, 11) is 0. The molecule has 1 saturated carbocycles. The Balaban J connectivity index is 2.56. The van der Waals surface area contributed by atoms with Gasteiger partial charge in [-0.3, -0.25) is 9.59 Å². The van der Waals surface area contributed by atoms with Crippen LogP contribution in [0.2, 0.25) is 0 Å². The standard InChI is InChI=1S/C9H14O4/c10-8(11)5-6-3-1-2-4-7(6)9(12)13/h6-7H,1-5H2,(H,10,11)(H,12,13)/t6-,7+/m1/s1. The van der Waals surface area contributed by atoms with Crippen molar-refractivity contribution in [2.45, 2.75) is 32.1 Å². The van der Waals surface area contributed by atoms with E-state index < -0.39 is 17.9 Å². The first kappa shape index (κ1) is 10.0. The van der Waals surface area contributed by atoms with Crippen molar-refractivity contribution in [3.05, 3.63) is 0 Å². The molecule has 0 spiro atoms. The van der Waals surface area contributed by atoms with Crippen LogP contribution in [-0.4, -0.2) is 22.2 Å². The molecule has 0 radical (unpaired) electrons. The Bertz CT molecular complexity index is 212. The molecule has 0 bridgehead atoms. The first-order valence-electron chi connectivity index (χ1n) is 4.56. The second-order valence-electron chi connectivity index (χ2n) is 3.59. The first-order valence-corrected chi connectivity index (χ1v) is 4.56. The molecule has 1 fully saturated rings. The smallest absolute Gasteiger partial charge is 0.306 e. The highest BCUT2D eigenvalue weighted by Gasteiger charge is 2.31. The molecule has 4 heteroatoms. The molecule has 1 aliphatic carbocycles. The largest absolute Gasteiger partial charge is 0.481 e. The van der Waals surface area contributed by atoms with Gasteiger partial charge in [0.2, 0.25) is 0 Å². The highest BCUT2D eigenvalue weighted by atomic mass is 16.4. The minimum atomic E-state index is -0.891. The van der Waals surface area contributed by atoms with Crippen LogP contribution >= 0.6 is 0 Å². The lowest BCUT2D eigenvalue weighted by molar-refractivity contribution is -0.146. The second kappa shape index (κ2) is 4.25. The van der Waals surface area contributed by atoms with E-state index in [1.807, 2.05) is 0 Å². The number of carboxylic acids is 2. The van der Waals surface area contributed by atoms with Crippen LogP contribution in [0.25, 0.3) is 0 Å². The zero-order valence-corrected chi connectivity index (χ0v) is 7.40. The average Bonchev–Trinajstić information content (AvgIpc) is 2.03. The summed E-state index contributed by atoms with van der Waals surface area (Å²) in [6.07, 6.45) is 3.24. The van der Waals surface area contributed by atoms with Gasteiger partial charge < -0.3 is 10.2 Å². The van der Waals surface area contributed by atoms with Gasteiger partial charge in [-0.05, 0) is 18.8 Å². The fraction of sp³-hybridized carbons (Fsp3) is 0.778. The van der Waals surface area contributed by atoms with E-state index in [4.69, 9.17) is 10.2 Å². The molecule has 13 heavy (non-hydrogen) atoms. The first-order chi connectivity index (χ1) is 6.11. The van der Waals surface area contributed by atoms with Crippen LogP contribution in [0.5, 0.6) is 0 Å². The van der Waals surface area contributed by atoms with Crippen LogP contribution in [0, 0.1) is 11.8 Å². The van der Waals surface area contributed by atoms with E-state index in [1.54, 1.807) is 0 Å². The highest BCUT2D eigenvalue weighted by molar-refractivity contribution is 5.73. The lowest BCUT2D eigenvalue weighted by Gasteiger charge is -2.26. The Morgan fingerprint density at radius 2 is 1.77 bits per heavy atom. The summed E-state index contributed by atoms with van der Waals surface area (Å²) in [4.78, 5) is 21.2. The molecule has 2 atom stereocenters. The van der Waals surface area contributed by atoms with Gasteiger partial charge in [-0.15, -0.1) is 0 Å². The number of rotatable bonds is 3. The Hall–Kier alpha value is -1.06. The predicted octanol–water partition coefficient (Wildman–Crippen LogP) is 1.35. The third-order valence-electron chi connectivity index (χ3n) is 2.66. The summed E-state index contributed by atoms with van der Waals surface area (Å²) in [5, 5.41) is 17.4. The second-order valence-corrected chi connectivity index (χ2v) is 3.59. The van der Waals surface area contributed by atoms with Crippen molar-refractivity contribution in [1.29, 1.82) is 0 Å². The quantitative estimate of drug-likeness (QED) is 0.697. The number of hydrogen-bond acceptors (Lipinski definition) is 2. The average molecular weight is 186 g/mol. The molecular formula is C9H14O4. The summed E-state index contributed by atoms with van der Waals surface area (Å²) >= 11 is 0.